The van der Waals surface area contributed by atoms with E-state index in [2.05, 4.69) is 5.32 Å². The molecule has 4 rings (SSSR count). The van der Waals surface area contributed by atoms with Crippen molar-refractivity contribution >= 4 is 23.4 Å². The maximum Gasteiger partial charge on any atom is 0.312 e. The van der Waals surface area contributed by atoms with E-state index in [1.54, 1.807) is 53.3 Å². The van der Waals surface area contributed by atoms with Crippen molar-refractivity contribution in [2.24, 2.45) is 0 Å². The monoisotopic (exact) mass is 421 g/mol. The van der Waals surface area contributed by atoms with Gasteiger partial charge in [0.15, 0.2) is 0 Å². The van der Waals surface area contributed by atoms with Gasteiger partial charge in [-0.05, 0) is 54.8 Å². The van der Waals surface area contributed by atoms with E-state index in [1.807, 2.05) is 12.1 Å². The normalized spacial score (nSPS) is 17.2. The highest BCUT2D eigenvalue weighted by Gasteiger charge is 2.37. The van der Waals surface area contributed by atoms with E-state index in [1.165, 1.54) is 0 Å². The van der Waals surface area contributed by atoms with Crippen molar-refractivity contribution in [3.8, 4) is 5.75 Å². The summed E-state index contributed by atoms with van der Waals surface area (Å²) in [6.45, 7) is 1.50. The molecular weight excluding hydrogens is 394 g/mol. The molecule has 0 aromatic heterocycles. The van der Waals surface area contributed by atoms with Crippen LogP contribution in [0.4, 0.5) is 5.69 Å². The summed E-state index contributed by atoms with van der Waals surface area (Å²) < 4.78 is 5.12. The molecule has 1 N–H and O–H groups in total. The Morgan fingerprint density at radius 3 is 2.29 bits per heavy atom. The molecule has 0 radical (unpaired) electrons. The highest BCUT2D eigenvalue weighted by atomic mass is 16.5. The molecule has 1 aliphatic heterocycles. The number of anilines is 1. The first-order valence-electron chi connectivity index (χ1n) is 10.7. The van der Waals surface area contributed by atoms with Crippen molar-refractivity contribution in [1.82, 2.24) is 9.80 Å². The van der Waals surface area contributed by atoms with Gasteiger partial charge in [0.2, 0.25) is 0 Å². The second-order valence-corrected chi connectivity index (χ2v) is 8.04. The molecule has 0 atom stereocenters. The van der Waals surface area contributed by atoms with Crippen LogP contribution in [0.25, 0.3) is 0 Å². The van der Waals surface area contributed by atoms with E-state index in [-0.39, 0.29) is 17.9 Å². The molecule has 2 aliphatic rings. The second-order valence-electron chi connectivity index (χ2n) is 8.04. The summed E-state index contributed by atoms with van der Waals surface area (Å²) in [5, 5.41) is 2.85. The van der Waals surface area contributed by atoms with Gasteiger partial charge < -0.3 is 19.9 Å². The molecule has 0 unspecified atom stereocenters. The fourth-order valence-electron chi connectivity index (χ4n) is 4.26. The summed E-state index contributed by atoms with van der Waals surface area (Å²) in [7, 11) is 1.59. The Labute approximate surface area is 182 Å². The molecule has 7 nitrogen and oxygen atoms in total. The average molecular weight is 421 g/mol. The average Bonchev–Trinajstić information content (AvgIpc) is 3.33. The molecule has 162 valence electrons. The Balaban J connectivity index is 1.34. The van der Waals surface area contributed by atoms with Gasteiger partial charge in [-0.25, -0.2) is 0 Å². The lowest BCUT2D eigenvalue weighted by atomic mass is 10.1. The number of piperazine rings is 1. The van der Waals surface area contributed by atoms with Gasteiger partial charge >= 0.3 is 11.8 Å². The molecule has 2 aromatic carbocycles. The number of methoxy groups -OCH3 is 1. The van der Waals surface area contributed by atoms with Gasteiger partial charge in [0.1, 0.15) is 5.75 Å². The van der Waals surface area contributed by atoms with Crippen LogP contribution in [-0.4, -0.2) is 53.8 Å². The lowest BCUT2D eigenvalue weighted by Gasteiger charge is -2.37. The van der Waals surface area contributed by atoms with Gasteiger partial charge in [0.25, 0.3) is 5.91 Å². The SMILES string of the molecule is COc1ccc(NC(=O)c2ccc(CN3CCN(C4CCCC4)C(=O)C3=O)cc2)cc1. The molecule has 31 heavy (non-hydrogen) atoms. The van der Waals surface area contributed by atoms with E-state index in [0.717, 1.165) is 37.0 Å². The minimum absolute atomic E-state index is 0.215. The van der Waals surface area contributed by atoms with Crippen LogP contribution in [0.3, 0.4) is 0 Å². The number of benzene rings is 2. The zero-order valence-corrected chi connectivity index (χ0v) is 17.7. The Morgan fingerprint density at radius 2 is 1.65 bits per heavy atom. The minimum Gasteiger partial charge on any atom is -0.497 e. The van der Waals surface area contributed by atoms with Crippen LogP contribution in [0, 0.1) is 0 Å². The molecule has 3 amide bonds. The van der Waals surface area contributed by atoms with Gasteiger partial charge in [-0.3, -0.25) is 14.4 Å². The number of carbonyl (C=O) groups excluding carboxylic acids is 3. The number of hydrogen-bond donors (Lipinski definition) is 1. The summed E-state index contributed by atoms with van der Waals surface area (Å²) in [6, 6.07) is 14.4. The van der Waals surface area contributed by atoms with Crippen LogP contribution < -0.4 is 10.1 Å². The van der Waals surface area contributed by atoms with Crippen molar-refractivity contribution in [3.63, 3.8) is 0 Å². The largest absolute Gasteiger partial charge is 0.497 e. The fourth-order valence-corrected chi connectivity index (χ4v) is 4.26. The first-order chi connectivity index (χ1) is 15.0. The van der Waals surface area contributed by atoms with Crippen molar-refractivity contribution in [3.05, 3.63) is 59.7 Å². The summed E-state index contributed by atoms with van der Waals surface area (Å²) in [4.78, 5) is 41.0. The van der Waals surface area contributed by atoms with E-state index in [9.17, 15) is 14.4 Å². The molecule has 1 aliphatic carbocycles. The Bertz CT molecular complexity index is 950. The molecule has 1 saturated heterocycles. The molecule has 2 aromatic rings. The number of carbonyl (C=O) groups is 3. The Kier molecular flexibility index (Phi) is 6.21. The van der Waals surface area contributed by atoms with Crippen LogP contribution in [0.15, 0.2) is 48.5 Å². The van der Waals surface area contributed by atoms with E-state index in [4.69, 9.17) is 4.74 Å². The highest BCUT2D eigenvalue weighted by Crippen LogP contribution is 2.25. The summed E-state index contributed by atoms with van der Waals surface area (Å²) in [5.74, 6) is -0.305. The van der Waals surface area contributed by atoms with Crippen LogP contribution in [0.5, 0.6) is 5.75 Å². The zero-order chi connectivity index (χ0) is 21.8. The van der Waals surface area contributed by atoms with Crippen molar-refractivity contribution < 1.29 is 19.1 Å². The number of ether oxygens (including phenoxy) is 1. The number of hydrogen-bond acceptors (Lipinski definition) is 4. The highest BCUT2D eigenvalue weighted by molar-refractivity contribution is 6.35. The predicted octanol–water partition coefficient (Wildman–Crippen LogP) is 3.06. The molecule has 1 heterocycles. The standard InChI is InChI=1S/C24H27N3O4/c1-31-21-12-10-19(11-13-21)25-22(28)18-8-6-17(7-9-18)16-26-14-15-27(24(30)23(26)29)20-4-2-3-5-20/h6-13,20H,2-5,14-16H2,1H3,(H,25,28). The topological polar surface area (TPSA) is 79.0 Å². The number of nitrogens with zero attached hydrogens (tertiary/aromatic N) is 2. The molecule has 0 bridgehead atoms. The van der Waals surface area contributed by atoms with Crippen molar-refractivity contribution in [2.45, 2.75) is 38.3 Å². The molecule has 7 heteroatoms. The van der Waals surface area contributed by atoms with Crippen LogP contribution in [0.1, 0.15) is 41.6 Å². The third-order valence-electron chi connectivity index (χ3n) is 6.04. The maximum absolute atomic E-state index is 12.6. The van der Waals surface area contributed by atoms with Gasteiger partial charge in [0, 0.05) is 36.9 Å². The van der Waals surface area contributed by atoms with Crippen LogP contribution >= 0.6 is 0 Å². The van der Waals surface area contributed by atoms with Gasteiger partial charge in [-0.2, -0.15) is 0 Å². The van der Waals surface area contributed by atoms with Crippen LogP contribution in [-0.2, 0) is 16.1 Å². The summed E-state index contributed by atoms with van der Waals surface area (Å²) in [5.41, 5.74) is 2.09. The molecule has 1 saturated carbocycles. The van der Waals surface area contributed by atoms with Gasteiger partial charge in [-0.1, -0.05) is 25.0 Å². The third-order valence-corrected chi connectivity index (χ3v) is 6.04. The lowest BCUT2D eigenvalue weighted by Crippen LogP contribution is -2.56. The maximum atomic E-state index is 12.6. The Morgan fingerprint density at radius 1 is 0.968 bits per heavy atom. The third kappa shape index (κ3) is 4.71. The zero-order valence-electron chi connectivity index (χ0n) is 17.7. The van der Waals surface area contributed by atoms with Gasteiger partial charge in [0.05, 0.1) is 7.11 Å². The summed E-state index contributed by atoms with van der Waals surface area (Å²) in [6.07, 6.45) is 4.26. The van der Waals surface area contributed by atoms with Gasteiger partial charge in [-0.15, -0.1) is 0 Å². The van der Waals surface area contributed by atoms with Crippen molar-refractivity contribution in [2.75, 3.05) is 25.5 Å². The second kappa shape index (κ2) is 9.20. The minimum atomic E-state index is -0.431. The van der Waals surface area contributed by atoms with E-state index < -0.39 is 5.91 Å². The number of nitrogens with one attached hydrogen (secondary N) is 1. The van der Waals surface area contributed by atoms with E-state index >= 15 is 0 Å². The Hall–Kier alpha value is -3.35. The predicted molar refractivity (Wildman–Crippen MR) is 117 cm³/mol. The number of rotatable bonds is 6. The first kappa shape index (κ1) is 20.9. The molecule has 2 fully saturated rings. The number of amides is 3. The molecule has 0 spiro atoms. The summed E-state index contributed by atoms with van der Waals surface area (Å²) >= 11 is 0. The first-order valence-corrected chi connectivity index (χ1v) is 10.7. The smallest absolute Gasteiger partial charge is 0.312 e. The molecular formula is C24H27N3O4. The van der Waals surface area contributed by atoms with Crippen molar-refractivity contribution in [1.29, 1.82) is 0 Å². The lowest BCUT2D eigenvalue weighted by molar-refractivity contribution is -0.158. The quantitative estimate of drug-likeness (QED) is 0.727. The van der Waals surface area contributed by atoms with E-state index in [0.29, 0.717) is 30.9 Å². The van der Waals surface area contributed by atoms with Crippen LogP contribution in [0.2, 0.25) is 0 Å². The fraction of sp³-hybridized carbons (Fsp3) is 0.375.